The maximum atomic E-state index is 13.3. The van der Waals surface area contributed by atoms with Gasteiger partial charge in [0.2, 0.25) is 5.91 Å². The number of benzene rings is 1. The van der Waals surface area contributed by atoms with Crippen LogP contribution in [0.5, 0.6) is 0 Å². The van der Waals surface area contributed by atoms with Gasteiger partial charge in [-0.1, -0.05) is 0 Å². The minimum atomic E-state index is -0.281. The molecule has 1 aromatic carbocycles. The molecule has 112 valence electrons. The summed E-state index contributed by atoms with van der Waals surface area (Å²) in [5, 5.41) is 0. The third-order valence-electron chi connectivity index (χ3n) is 3.87. The molecule has 0 aliphatic carbocycles. The normalized spacial score (nSPS) is 18.6. The zero-order valence-corrected chi connectivity index (χ0v) is 12.8. The molecule has 0 bridgehead atoms. The van der Waals surface area contributed by atoms with Crippen molar-refractivity contribution >= 4 is 28.7 Å². The standard InChI is InChI=1S/C15H18FN3OS/c1-21-8-6-14(20)19-7-2-3-13(19)15-17-11-5-4-10(16)9-12(11)18-15/h4-5,9,13H,2-3,6-8H2,1H3,(H,17,18)/t13-/m0/s1. The lowest BCUT2D eigenvalue weighted by Gasteiger charge is -2.23. The van der Waals surface area contributed by atoms with Crippen LogP contribution < -0.4 is 0 Å². The van der Waals surface area contributed by atoms with Gasteiger partial charge in [0, 0.05) is 18.7 Å². The Bertz CT molecular complexity index is 657. The number of nitrogens with one attached hydrogen (secondary N) is 1. The fourth-order valence-corrected chi connectivity index (χ4v) is 3.22. The molecule has 2 heterocycles. The molecule has 1 saturated heterocycles. The van der Waals surface area contributed by atoms with Crippen LogP contribution in [0, 0.1) is 5.82 Å². The van der Waals surface area contributed by atoms with E-state index in [4.69, 9.17) is 0 Å². The van der Waals surface area contributed by atoms with Gasteiger partial charge in [0.1, 0.15) is 11.6 Å². The van der Waals surface area contributed by atoms with Crippen LogP contribution >= 0.6 is 11.8 Å². The molecule has 1 aliphatic rings. The van der Waals surface area contributed by atoms with E-state index in [1.54, 1.807) is 17.8 Å². The van der Waals surface area contributed by atoms with Crippen molar-refractivity contribution in [1.82, 2.24) is 14.9 Å². The highest BCUT2D eigenvalue weighted by atomic mass is 32.2. The summed E-state index contributed by atoms with van der Waals surface area (Å²) in [6, 6.07) is 4.51. The van der Waals surface area contributed by atoms with Crippen molar-refractivity contribution in [2.75, 3.05) is 18.6 Å². The molecule has 1 aliphatic heterocycles. The Morgan fingerprint density at radius 1 is 1.57 bits per heavy atom. The number of aromatic amines is 1. The summed E-state index contributed by atoms with van der Waals surface area (Å²) >= 11 is 1.68. The number of aromatic nitrogens is 2. The summed E-state index contributed by atoms with van der Waals surface area (Å²) in [5.41, 5.74) is 1.43. The summed E-state index contributed by atoms with van der Waals surface area (Å²) in [7, 11) is 0. The lowest BCUT2D eigenvalue weighted by Crippen LogP contribution is -2.31. The van der Waals surface area contributed by atoms with Crippen LogP contribution in [-0.4, -0.2) is 39.3 Å². The monoisotopic (exact) mass is 307 g/mol. The van der Waals surface area contributed by atoms with Gasteiger partial charge >= 0.3 is 0 Å². The molecule has 0 radical (unpaired) electrons. The van der Waals surface area contributed by atoms with Crippen molar-refractivity contribution < 1.29 is 9.18 Å². The van der Waals surface area contributed by atoms with Gasteiger partial charge in [0.25, 0.3) is 0 Å². The second-order valence-corrected chi connectivity index (χ2v) is 6.26. The summed E-state index contributed by atoms with van der Waals surface area (Å²) in [6.07, 6.45) is 4.46. The zero-order valence-electron chi connectivity index (χ0n) is 11.9. The Labute approximate surface area is 127 Å². The van der Waals surface area contributed by atoms with Gasteiger partial charge in [0.05, 0.1) is 17.1 Å². The maximum absolute atomic E-state index is 13.3. The summed E-state index contributed by atoms with van der Waals surface area (Å²) in [6.45, 7) is 0.781. The third-order valence-corrected chi connectivity index (χ3v) is 4.48. The number of rotatable bonds is 4. The topological polar surface area (TPSA) is 49.0 Å². The van der Waals surface area contributed by atoms with Crippen LogP contribution in [0.3, 0.4) is 0 Å². The number of amides is 1. The molecule has 0 spiro atoms. The van der Waals surface area contributed by atoms with Gasteiger partial charge in [-0.25, -0.2) is 9.37 Å². The lowest BCUT2D eigenvalue weighted by molar-refractivity contribution is -0.131. The largest absolute Gasteiger partial charge is 0.340 e. The Morgan fingerprint density at radius 3 is 3.24 bits per heavy atom. The van der Waals surface area contributed by atoms with Crippen LogP contribution in [0.15, 0.2) is 18.2 Å². The molecular weight excluding hydrogens is 289 g/mol. The zero-order chi connectivity index (χ0) is 14.8. The molecule has 1 fully saturated rings. The van der Waals surface area contributed by atoms with Crippen LogP contribution in [-0.2, 0) is 4.79 Å². The molecule has 1 aromatic heterocycles. The maximum Gasteiger partial charge on any atom is 0.224 e. The highest BCUT2D eigenvalue weighted by Crippen LogP contribution is 2.32. The summed E-state index contributed by atoms with van der Waals surface area (Å²) in [5.74, 6) is 1.51. The number of fused-ring (bicyclic) bond motifs is 1. The van der Waals surface area contributed by atoms with Crippen molar-refractivity contribution in [3.63, 3.8) is 0 Å². The Kier molecular flexibility index (Phi) is 4.14. The molecule has 6 heteroatoms. The molecule has 4 nitrogen and oxygen atoms in total. The first-order valence-corrected chi connectivity index (χ1v) is 8.52. The van der Waals surface area contributed by atoms with E-state index >= 15 is 0 Å². The number of hydrogen-bond acceptors (Lipinski definition) is 3. The minimum absolute atomic E-state index is 0.00480. The van der Waals surface area contributed by atoms with E-state index in [2.05, 4.69) is 9.97 Å². The van der Waals surface area contributed by atoms with E-state index < -0.39 is 0 Å². The van der Waals surface area contributed by atoms with E-state index in [1.807, 2.05) is 11.2 Å². The number of carbonyl (C=O) groups is 1. The number of halogens is 1. The van der Waals surface area contributed by atoms with Gasteiger partial charge in [-0.05, 0) is 37.3 Å². The predicted octanol–water partition coefficient (Wildman–Crippen LogP) is 3.12. The predicted molar refractivity (Wildman–Crippen MR) is 82.7 cm³/mol. The van der Waals surface area contributed by atoms with Crippen molar-refractivity contribution in [2.24, 2.45) is 0 Å². The number of nitrogens with zero attached hydrogens (tertiary/aromatic N) is 2. The summed E-state index contributed by atoms with van der Waals surface area (Å²) in [4.78, 5) is 21.9. The van der Waals surface area contributed by atoms with Crippen LogP contribution in [0.2, 0.25) is 0 Å². The van der Waals surface area contributed by atoms with Gasteiger partial charge in [-0.15, -0.1) is 0 Å². The molecule has 1 amide bonds. The van der Waals surface area contributed by atoms with E-state index in [1.165, 1.54) is 12.1 Å². The van der Waals surface area contributed by atoms with Crippen LogP contribution in [0.1, 0.15) is 31.1 Å². The van der Waals surface area contributed by atoms with Gasteiger partial charge in [-0.3, -0.25) is 4.79 Å². The van der Waals surface area contributed by atoms with Crippen molar-refractivity contribution in [3.8, 4) is 0 Å². The number of thioether (sulfide) groups is 1. The highest BCUT2D eigenvalue weighted by molar-refractivity contribution is 7.98. The fourth-order valence-electron chi connectivity index (χ4n) is 2.84. The van der Waals surface area contributed by atoms with Gasteiger partial charge in [-0.2, -0.15) is 11.8 Å². The molecule has 0 unspecified atom stereocenters. The fraction of sp³-hybridized carbons (Fsp3) is 0.467. The average Bonchev–Trinajstić information content (AvgIpc) is 3.09. The third kappa shape index (κ3) is 2.90. The molecule has 1 atom stereocenters. The molecule has 1 N–H and O–H groups in total. The van der Waals surface area contributed by atoms with Gasteiger partial charge in [0.15, 0.2) is 0 Å². The number of H-pyrrole nitrogens is 1. The van der Waals surface area contributed by atoms with E-state index in [9.17, 15) is 9.18 Å². The van der Waals surface area contributed by atoms with Crippen molar-refractivity contribution in [2.45, 2.75) is 25.3 Å². The lowest BCUT2D eigenvalue weighted by atomic mass is 10.2. The van der Waals surface area contributed by atoms with Crippen molar-refractivity contribution in [3.05, 3.63) is 29.8 Å². The first kappa shape index (κ1) is 14.4. The van der Waals surface area contributed by atoms with Crippen LogP contribution in [0.25, 0.3) is 11.0 Å². The molecule has 2 aromatic rings. The average molecular weight is 307 g/mol. The SMILES string of the molecule is CSCCC(=O)N1CCC[C@H]1c1nc2ccc(F)cc2[nH]1. The number of hydrogen-bond donors (Lipinski definition) is 1. The molecular formula is C15H18FN3OS. The first-order valence-electron chi connectivity index (χ1n) is 7.12. The highest BCUT2D eigenvalue weighted by Gasteiger charge is 2.31. The van der Waals surface area contributed by atoms with Crippen molar-refractivity contribution in [1.29, 1.82) is 0 Å². The molecule has 21 heavy (non-hydrogen) atoms. The minimum Gasteiger partial charge on any atom is -0.340 e. The summed E-state index contributed by atoms with van der Waals surface area (Å²) < 4.78 is 13.3. The second-order valence-electron chi connectivity index (χ2n) is 5.27. The smallest absolute Gasteiger partial charge is 0.224 e. The van der Waals surface area contributed by atoms with E-state index in [0.29, 0.717) is 11.9 Å². The molecule has 0 saturated carbocycles. The Morgan fingerprint density at radius 2 is 2.43 bits per heavy atom. The second kappa shape index (κ2) is 6.05. The van der Waals surface area contributed by atoms with Gasteiger partial charge < -0.3 is 9.88 Å². The number of imidazole rings is 1. The van der Waals surface area contributed by atoms with E-state index in [0.717, 1.165) is 36.5 Å². The molecule has 3 rings (SSSR count). The van der Waals surface area contributed by atoms with Crippen LogP contribution in [0.4, 0.5) is 4.39 Å². The Hall–Kier alpha value is -1.56. The Balaban J connectivity index is 1.84. The number of likely N-dealkylation sites (tertiary alicyclic amines) is 1. The quantitative estimate of drug-likeness (QED) is 0.944. The number of carbonyl (C=O) groups excluding carboxylic acids is 1. The van der Waals surface area contributed by atoms with E-state index in [-0.39, 0.29) is 17.8 Å². The first-order chi connectivity index (χ1) is 10.2.